The predicted octanol–water partition coefficient (Wildman–Crippen LogP) is 2.48. The topological polar surface area (TPSA) is 85.1 Å². The lowest BCUT2D eigenvalue weighted by Crippen LogP contribution is -2.35. The van der Waals surface area contributed by atoms with Crippen molar-refractivity contribution in [1.82, 2.24) is 10.2 Å². The van der Waals surface area contributed by atoms with Gasteiger partial charge >= 0.3 is 0 Å². The number of hydrogen-bond acceptors (Lipinski definition) is 7. The number of para-hydroxylation sites is 2. The fourth-order valence-electron chi connectivity index (χ4n) is 3.13. The second-order valence-corrected chi connectivity index (χ2v) is 6.73. The van der Waals surface area contributed by atoms with Crippen molar-refractivity contribution < 1.29 is 4.74 Å². The first-order valence-electron chi connectivity index (χ1n) is 8.81. The third-order valence-electron chi connectivity index (χ3n) is 4.45. The average Bonchev–Trinajstić information content (AvgIpc) is 3.09. The van der Waals surface area contributed by atoms with E-state index >= 15 is 0 Å². The number of ether oxygens (including phenoxy) is 1. The van der Waals surface area contributed by atoms with Crippen LogP contribution in [-0.2, 0) is 0 Å². The Kier molecular flexibility index (Phi) is 5.37. The second-order valence-electron chi connectivity index (χ2n) is 6.73. The Labute approximate surface area is 154 Å². The van der Waals surface area contributed by atoms with Crippen LogP contribution >= 0.6 is 0 Å². The molecule has 2 heterocycles. The first-order chi connectivity index (χ1) is 12.5. The van der Waals surface area contributed by atoms with Crippen LogP contribution < -0.4 is 15.4 Å². The van der Waals surface area contributed by atoms with E-state index in [0.717, 1.165) is 47.9 Å². The van der Waals surface area contributed by atoms with E-state index in [2.05, 4.69) is 20.8 Å². The highest BCUT2D eigenvalue weighted by Gasteiger charge is 2.24. The van der Waals surface area contributed by atoms with Gasteiger partial charge in [-0.25, -0.2) is 0 Å². The minimum atomic E-state index is 0.190. The Bertz CT molecular complexity index is 787. The van der Waals surface area contributed by atoms with Gasteiger partial charge in [0.15, 0.2) is 5.84 Å². The molecule has 138 valence electrons. The smallest absolute Gasteiger partial charge is 0.176 e. The summed E-state index contributed by atoms with van der Waals surface area (Å²) in [5, 5.41) is 23.6. The van der Waals surface area contributed by atoms with Crippen LogP contribution in [0.25, 0.3) is 0 Å². The van der Waals surface area contributed by atoms with E-state index in [1.807, 2.05) is 52.2 Å². The summed E-state index contributed by atoms with van der Waals surface area (Å²) < 4.78 is 6.14. The fraction of sp³-hybridized carbons (Fsp3) is 0.421. The summed E-state index contributed by atoms with van der Waals surface area (Å²) in [4.78, 5) is 1.80. The lowest BCUT2D eigenvalue weighted by atomic mass is 10.0. The van der Waals surface area contributed by atoms with Crippen LogP contribution in [0.15, 0.2) is 45.7 Å². The quantitative estimate of drug-likeness (QED) is 0.775. The molecular weight excluding hydrogens is 328 g/mol. The lowest BCUT2D eigenvalue weighted by molar-refractivity contribution is 0.224. The number of allylic oxidation sites excluding steroid dienone is 1. The molecule has 1 fully saturated rings. The van der Waals surface area contributed by atoms with Crippen molar-refractivity contribution in [3.05, 3.63) is 35.5 Å². The summed E-state index contributed by atoms with van der Waals surface area (Å²) in [7, 11) is 3.73. The Morgan fingerprint density at radius 3 is 2.77 bits per heavy atom. The molecule has 7 heteroatoms. The van der Waals surface area contributed by atoms with E-state index in [4.69, 9.17) is 10.1 Å². The number of benzene rings is 1. The number of rotatable bonds is 4. The van der Waals surface area contributed by atoms with Gasteiger partial charge in [-0.05, 0) is 38.9 Å². The van der Waals surface area contributed by atoms with Gasteiger partial charge in [-0.1, -0.05) is 12.1 Å². The molecule has 3 N–H and O–H groups in total. The zero-order chi connectivity index (χ0) is 18.7. The maximum Gasteiger partial charge on any atom is 0.176 e. The number of amidine groups is 1. The Morgan fingerprint density at radius 1 is 1.31 bits per heavy atom. The van der Waals surface area contributed by atoms with Crippen molar-refractivity contribution in [1.29, 1.82) is 5.41 Å². The van der Waals surface area contributed by atoms with Crippen LogP contribution in [0, 0.1) is 5.41 Å². The van der Waals surface area contributed by atoms with Crippen molar-refractivity contribution in [2.24, 2.45) is 10.2 Å². The van der Waals surface area contributed by atoms with Gasteiger partial charge in [0.05, 0.1) is 11.4 Å². The van der Waals surface area contributed by atoms with E-state index in [1.54, 1.807) is 4.90 Å². The minimum absolute atomic E-state index is 0.190. The Hall–Kier alpha value is -2.67. The van der Waals surface area contributed by atoms with Crippen LogP contribution in [0.5, 0.6) is 5.75 Å². The standard InChI is InChI=1S/C19H26N6O/c1-12(17-13(2)23-24-19(18(17)20)25(3)4)22-15-7-5-6-8-16(15)26-14-9-10-21-11-14/h5-8,14,20-22H,9-11H2,1-4H3/b17-12-,20-18?. The molecule has 0 aromatic heterocycles. The lowest BCUT2D eigenvalue weighted by Gasteiger charge is -2.23. The van der Waals surface area contributed by atoms with Gasteiger partial charge in [0.25, 0.3) is 0 Å². The third kappa shape index (κ3) is 3.77. The fourth-order valence-corrected chi connectivity index (χ4v) is 3.13. The van der Waals surface area contributed by atoms with E-state index < -0.39 is 0 Å². The maximum absolute atomic E-state index is 8.50. The highest BCUT2D eigenvalue weighted by molar-refractivity contribution is 6.53. The molecule has 1 saturated heterocycles. The molecule has 2 aliphatic heterocycles. The van der Waals surface area contributed by atoms with Crippen molar-refractivity contribution >= 4 is 22.9 Å². The van der Waals surface area contributed by atoms with Gasteiger partial charge in [-0.3, -0.25) is 5.41 Å². The zero-order valence-corrected chi connectivity index (χ0v) is 15.8. The average molecular weight is 354 g/mol. The van der Waals surface area contributed by atoms with Crippen LogP contribution in [-0.4, -0.2) is 55.4 Å². The molecule has 26 heavy (non-hydrogen) atoms. The Balaban J connectivity index is 1.86. The molecule has 0 amide bonds. The summed E-state index contributed by atoms with van der Waals surface area (Å²) in [6, 6.07) is 7.90. The van der Waals surface area contributed by atoms with Crippen LogP contribution in [0.2, 0.25) is 0 Å². The van der Waals surface area contributed by atoms with Crippen LogP contribution in [0.1, 0.15) is 20.3 Å². The van der Waals surface area contributed by atoms with E-state index in [-0.39, 0.29) is 6.10 Å². The molecule has 0 saturated carbocycles. The highest BCUT2D eigenvalue weighted by Crippen LogP contribution is 2.28. The number of hydrogen-bond donors (Lipinski definition) is 3. The zero-order valence-electron chi connectivity index (χ0n) is 15.8. The second kappa shape index (κ2) is 7.70. The van der Waals surface area contributed by atoms with Crippen molar-refractivity contribution in [2.45, 2.75) is 26.4 Å². The Morgan fingerprint density at radius 2 is 2.08 bits per heavy atom. The maximum atomic E-state index is 8.50. The van der Waals surface area contributed by atoms with Crippen molar-refractivity contribution in [3.63, 3.8) is 0 Å². The van der Waals surface area contributed by atoms with Crippen LogP contribution in [0.3, 0.4) is 0 Å². The molecule has 0 spiro atoms. The summed E-state index contributed by atoms with van der Waals surface area (Å²) >= 11 is 0. The number of nitrogens with zero attached hydrogens (tertiary/aromatic N) is 3. The molecule has 1 aromatic carbocycles. The van der Waals surface area contributed by atoms with Gasteiger partial charge in [0, 0.05) is 31.9 Å². The van der Waals surface area contributed by atoms with Crippen molar-refractivity contribution in [3.8, 4) is 5.75 Å². The molecule has 7 nitrogen and oxygen atoms in total. The molecule has 0 radical (unpaired) electrons. The SMILES string of the molecule is CC1=NN=C(N(C)C)C(=N)/C1=C(/C)Nc1ccccc1OC1CCNC1. The molecule has 1 atom stereocenters. The largest absolute Gasteiger partial charge is 0.487 e. The summed E-state index contributed by atoms with van der Waals surface area (Å²) in [5.41, 5.74) is 3.60. The van der Waals surface area contributed by atoms with E-state index in [0.29, 0.717) is 11.5 Å². The summed E-state index contributed by atoms with van der Waals surface area (Å²) in [6.45, 7) is 5.68. The molecular formula is C19H26N6O. The normalized spacial score (nSPS) is 21.8. The van der Waals surface area contributed by atoms with Gasteiger partial charge < -0.3 is 20.3 Å². The van der Waals surface area contributed by atoms with E-state index in [9.17, 15) is 0 Å². The number of anilines is 1. The number of nitrogens with one attached hydrogen (secondary N) is 3. The molecule has 1 aromatic rings. The van der Waals surface area contributed by atoms with Gasteiger partial charge in [0.2, 0.25) is 0 Å². The van der Waals surface area contributed by atoms with Gasteiger partial charge in [0.1, 0.15) is 17.6 Å². The molecule has 1 unspecified atom stereocenters. The summed E-state index contributed by atoms with van der Waals surface area (Å²) in [6.07, 6.45) is 1.20. The predicted molar refractivity (Wildman–Crippen MR) is 107 cm³/mol. The highest BCUT2D eigenvalue weighted by atomic mass is 16.5. The monoisotopic (exact) mass is 354 g/mol. The molecule has 0 bridgehead atoms. The first kappa shape index (κ1) is 18.1. The van der Waals surface area contributed by atoms with E-state index in [1.165, 1.54) is 0 Å². The van der Waals surface area contributed by atoms with Gasteiger partial charge in [-0.15, -0.1) is 5.10 Å². The molecule has 0 aliphatic carbocycles. The molecule has 3 rings (SSSR count). The van der Waals surface area contributed by atoms with Crippen molar-refractivity contribution in [2.75, 3.05) is 32.5 Å². The summed E-state index contributed by atoms with van der Waals surface area (Å²) in [5.74, 6) is 1.37. The first-order valence-corrected chi connectivity index (χ1v) is 8.81. The third-order valence-corrected chi connectivity index (χ3v) is 4.45. The van der Waals surface area contributed by atoms with Gasteiger partial charge in [-0.2, -0.15) is 5.10 Å². The minimum Gasteiger partial charge on any atom is -0.487 e. The van der Waals surface area contributed by atoms with Crippen LogP contribution in [0.4, 0.5) is 5.69 Å². The molecule has 2 aliphatic rings.